The number of amides is 1. The Morgan fingerprint density at radius 2 is 1.80 bits per heavy atom. The van der Waals surface area contributed by atoms with E-state index in [2.05, 4.69) is 5.32 Å². The van der Waals surface area contributed by atoms with Crippen LogP contribution in [0.5, 0.6) is 5.75 Å². The summed E-state index contributed by atoms with van der Waals surface area (Å²) in [5, 5.41) is 2.98. The van der Waals surface area contributed by atoms with Crippen LogP contribution in [0.25, 0.3) is 0 Å². The predicted octanol–water partition coefficient (Wildman–Crippen LogP) is 3.18. The number of hydrogen-bond acceptors (Lipinski definition) is 4. The topological polar surface area (TPSA) is 64.6 Å². The lowest BCUT2D eigenvalue weighted by Crippen LogP contribution is -2.43. The van der Waals surface area contributed by atoms with Gasteiger partial charge < -0.3 is 14.8 Å². The molecule has 1 aliphatic rings. The normalized spacial score (nSPS) is 17.4. The monoisotopic (exact) mass is 347 g/mol. The largest absolute Gasteiger partial charge is 0.476 e. The predicted molar refractivity (Wildman–Crippen MR) is 96.6 cm³/mol. The number of carbonyl (C=O) groups excluding carboxylic acids is 2. The van der Waals surface area contributed by atoms with Crippen LogP contribution in [0.2, 0.25) is 0 Å². The van der Waals surface area contributed by atoms with Crippen molar-refractivity contribution >= 4 is 11.9 Å². The summed E-state index contributed by atoms with van der Waals surface area (Å²) in [4.78, 5) is 23.6. The van der Waals surface area contributed by atoms with Crippen molar-refractivity contribution < 1.29 is 19.1 Å². The van der Waals surface area contributed by atoms with Crippen molar-refractivity contribution in [2.75, 3.05) is 0 Å². The van der Waals surface area contributed by atoms with E-state index in [0.717, 1.165) is 19.3 Å². The fraction of sp³-hybridized carbons (Fsp3) is 0.600. The Morgan fingerprint density at radius 3 is 2.40 bits per heavy atom. The first-order valence-electron chi connectivity index (χ1n) is 8.78. The number of ether oxygens (including phenoxy) is 2. The molecule has 0 spiro atoms. The second kappa shape index (κ2) is 7.06. The van der Waals surface area contributed by atoms with Gasteiger partial charge in [0.15, 0.2) is 5.60 Å². The number of aryl methyl sites for hydroxylation is 1. The van der Waals surface area contributed by atoms with E-state index in [4.69, 9.17) is 9.47 Å². The van der Waals surface area contributed by atoms with Gasteiger partial charge in [-0.05, 0) is 77.1 Å². The molecule has 0 saturated heterocycles. The van der Waals surface area contributed by atoms with Crippen molar-refractivity contribution in [3.05, 3.63) is 29.3 Å². The smallest absolute Gasteiger partial charge is 0.350 e. The van der Waals surface area contributed by atoms with Gasteiger partial charge in [0.25, 0.3) is 0 Å². The molecular weight excluding hydrogens is 318 g/mol. The van der Waals surface area contributed by atoms with Gasteiger partial charge in [0, 0.05) is 13.0 Å². The highest BCUT2D eigenvalue weighted by Gasteiger charge is 2.35. The first kappa shape index (κ1) is 19.3. The van der Waals surface area contributed by atoms with Crippen LogP contribution >= 0.6 is 0 Å². The second-order valence-electron chi connectivity index (χ2n) is 8.19. The highest BCUT2D eigenvalue weighted by Crippen LogP contribution is 2.28. The van der Waals surface area contributed by atoms with E-state index in [9.17, 15) is 9.59 Å². The fourth-order valence-electron chi connectivity index (χ4n) is 2.94. The molecule has 0 saturated carbocycles. The van der Waals surface area contributed by atoms with Crippen LogP contribution in [0, 0.1) is 0 Å². The molecule has 25 heavy (non-hydrogen) atoms. The van der Waals surface area contributed by atoms with Crippen LogP contribution in [-0.2, 0) is 27.2 Å². The summed E-state index contributed by atoms with van der Waals surface area (Å²) in [6, 6.07) is 6.08. The van der Waals surface area contributed by atoms with Crippen molar-refractivity contribution in [1.82, 2.24) is 5.32 Å². The van der Waals surface area contributed by atoms with Crippen LogP contribution < -0.4 is 10.1 Å². The lowest BCUT2D eigenvalue weighted by molar-refractivity contribution is -0.170. The first-order valence-corrected chi connectivity index (χ1v) is 8.78. The van der Waals surface area contributed by atoms with Crippen molar-refractivity contribution in [3.8, 4) is 5.75 Å². The van der Waals surface area contributed by atoms with Crippen molar-refractivity contribution in [2.45, 2.75) is 78.0 Å². The highest BCUT2D eigenvalue weighted by atomic mass is 16.6. The fourth-order valence-corrected chi connectivity index (χ4v) is 2.94. The number of esters is 1. The average Bonchev–Trinajstić information content (AvgIpc) is 2.44. The van der Waals surface area contributed by atoms with Crippen molar-refractivity contribution in [2.24, 2.45) is 0 Å². The summed E-state index contributed by atoms with van der Waals surface area (Å²) in [7, 11) is 0. The lowest BCUT2D eigenvalue weighted by atomic mass is 9.88. The van der Waals surface area contributed by atoms with Gasteiger partial charge in [0.05, 0.1) is 0 Å². The minimum Gasteiger partial charge on any atom is -0.476 e. The Hall–Kier alpha value is -2.04. The third kappa shape index (κ3) is 5.48. The third-order valence-electron chi connectivity index (χ3n) is 4.08. The molecule has 1 aliphatic carbocycles. The molecule has 0 fully saturated rings. The average molecular weight is 347 g/mol. The third-order valence-corrected chi connectivity index (χ3v) is 4.08. The summed E-state index contributed by atoms with van der Waals surface area (Å²) in [6.07, 6.45) is 2.61. The first-order chi connectivity index (χ1) is 11.5. The van der Waals surface area contributed by atoms with Gasteiger partial charge in [-0.2, -0.15) is 0 Å². The van der Waals surface area contributed by atoms with E-state index >= 15 is 0 Å². The number of carbonyl (C=O) groups is 2. The minimum atomic E-state index is -1.06. The molecule has 138 valence electrons. The highest BCUT2D eigenvalue weighted by molar-refractivity contribution is 5.79. The van der Waals surface area contributed by atoms with Gasteiger partial charge >= 0.3 is 5.97 Å². The molecule has 5 nitrogen and oxygen atoms in total. The number of nitrogens with one attached hydrogen (secondary N) is 1. The Bertz CT molecular complexity index is 658. The Labute approximate surface area is 150 Å². The molecule has 1 aromatic rings. The molecule has 0 radical (unpaired) electrons. The number of benzene rings is 1. The number of fused-ring (bicyclic) bond motifs is 1. The van der Waals surface area contributed by atoms with Crippen LogP contribution in [0.15, 0.2) is 18.2 Å². The molecule has 5 heteroatoms. The zero-order valence-electron chi connectivity index (χ0n) is 16.1. The molecule has 0 aromatic heterocycles. The Balaban J connectivity index is 2.07. The maximum Gasteiger partial charge on any atom is 0.350 e. The van der Waals surface area contributed by atoms with Crippen LogP contribution in [0.1, 0.15) is 59.1 Å². The molecule has 1 atom stereocenters. The van der Waals surface area contributed by atoms with Crippen LogP contribution in [0.4, 0.5) is 0 Å². The number of rotatable bonds is 4. The maximum absolute atomic E-state index is 12.3. The summed E-state index contributed by atoms with van der Waals surface area (Å²) in [6.45, 7) is 10.5. The summed E-state index contributed by atoms with van der Waals surface area (Å²) >= 11 is 0. The van der Waals surface area contributed by atoms with E-state index in [1.165, 1.54) is 11.1 Å². The Kier molecular flexibility index (Phi) is 5.45. The molecule has 1 N–H and O–H groups in total. The molecule has 1 unspecified atom stereocenters. The van der Waals surface area contributed by atoms with Gasteiger partial charge in [-0.15, -0.1) is 0 Å². The van der Waals surface area contributed by atoms with Crippen molar-refractivity contribution in [1.29, 1.82) is 0 Å². The molecule has 0 bridgehead atoms. The second-order valence-corrected chi connectivity index (χ2v) is 8.19. The summed E-state index contributed by atoms with van der Waals surface area (Å²) in [5.41, 5.74) is 0.813. The molecule has 0 aliphatic heterocycles. The van der Waals surface area contributed by atoms with E-state index < -0.39 is 11.2 Å². The van der Waals surface area contributed by atoms with E-state index in [1.807, 2.05) is 39.0 Å². The van der Waals surface area contributed by atoms with Gasteiger partial charge in [0.2, 0.25) is 5.91 Å². The summed E-state index contributed by atoms with van der Waals surface area (Å²) < 4.78 is 11.4. The number of hydrogen-bond donors (Lipinski definition) is 1. The molecule has 0 heterocycles. The van der Waals surface area contributed by atoms with Crippen LogP contribution in [-0.4, -0.2) is 29.1 Å². The lowest BCUT2D eigenvalue weighted by Gasteiger charge is -2.30. The van der Waals surface area contributed by atoms with E-state index in [-0.39, 0.29) is 17.9 Å². The summed E-state index contributed by atoms with van der Waals surface area (Å²) in [5.74, 6) is 0.281. The Morgan fingerprint density at radius 1 is 1.12 bits per heavy atom. The quantitative estimate of drug-likeness (QED) is 0.850. The standard InChI is InChI=1S/C20H29NO4/c1-13(22)21-16-9-7-15-12-17(10-8-14(15)11-16)24-20(5,6)18(23)25-19(2,3)4/h8,10,12,16H,7,9,11H2,1-6H3,(H,21,22). The zero-order valence-corrected chi connectivity index (χ0v) is 16.1. The molecule has 1 aromatic carbocycles. The molecule has 1 amide bonds. The minimum absolute atomic E-state index is 0.00696. The maximum atomic E-state index is 12.3. The van der Waals surface area contributed by atoms with Gasteiger partial charge in [-0.25, -0.2) is 4.79 Å². The zero-order chi connectivity index (χ0) is 18.8. The van der Waals surface area contributed by atoms with E-state index in [1.54, 1.807) is 20.8 Å². The van der Waals surface area contributed by atoms with Gasteiger partial charge in [-0.3, -0.25) is 4.79 Å². The van der Waals surface area contributed by atoms with Gasteiger partial charge in [0.1, 0.15) is 11.4 Å². The SMILES string of the molecule is CC(=O)NC1CCc2cc(OC(C)(C)C(=O)OC(C)(C)C)ccc2C1. The van der Waals surface area contributed by atoms with Crippen LogP contribution in [0.3, 0.4) is 0 Å². The van der Waals surface area contributed by atoms with E-state index in [0.29, 0.717) is 5.75 Å². The van der Waals surface area contributed by atoms with Crippen molar-refractivity contribution in [3.63, 3.8) is 0 Å². The van der Waals surface area contributed by atoms with Gasteiger partial charge in [-0.1, -0.05) is 6.07 Å². The molecule has 2 rings (SSSR count). The molecular formula is C20H29NO4.